The summed E-state index contributed by atoms with van der Waals surface area (Å²) >= 11 is 1.43. The molecule has 348 valence electrons. The van der Waals surface area contributed by atoms with E-state index in [1.165, 1.54) is 11.3 Å². The van der Waals surface area contributed by atoms with Crippen molar-refractivity contribution in [1.82, 2.24) is 44.0 Å². The van der Waals surface area contributed by atoms with Crippen LogP contribution in [0.15, 0.2) is 82.6 Å². The number of para-hydroxylation sites is 1. The largest absolute Gasteiger partial charge is 0.508 e. The number of likely N-dealkylation sites (N-methyl/N-ethyl adjacent to an activating group) is 1. The Hall–Kier alpha value is -7.12. The molecule has 2 aromatic carbocycles. The number of phenols is 1. The topological polar surface area (TPSA) is 201 Å². The summed E-state index contributed by atoms with van der Waals surface area (Å²) in [6.45, 7) is 8.24. The highest BCUT2D eigenvalue weighted by molar-refractivity contribution is 7.24. The van der Waals surface area contributed by atoms with Gasteiger partial charge in [0.1, 0.15) is 28.6 Å². The first kappa shape index (κ1) is 44.7. The summed E-state index contributed by atoms with van der Waals surface area (Å²) in [5.74, 6) is -0.116. The van der Waals surface area contributed by atoms with E-state index in [2.05, 4.69) is 32.1 Å². The zero-order chi connectivity index (χ0) is 47.6. The number of hydrogen-bond donors (Lipinski definition) is 3. The quantitative estimate of drug-likeness (QED) is 0.179. The van der Waals surface area contributed by atoms with Gasteiger partial charge < -0.3 is 39.5 Å². The van der Waals surface area contributed by atoms with Gasteiger partial charge in [-0.25, -0.2) is 14.8 Å². The minimum atomic E-state index is -1.84. The Labute approximate surface area is 393 Å². The SMILES string of the molecule is CC[C@@]1(O)C(=O)OCc2c1cc1n(c2=O)Cc2cc3c(CN(C)C)c(O)ccc3nc2-1.Cc1cnc(CNC(=O)c2c(=O)c3ccc(N4CCCN(C)CC4)nc3n3c2sc2ccccc23)cn1. The Bertz CT molecular complexity index is 3480. The second kappa shape index (κ2) is 17.5. The van der Waals surface area contributed by atoms with Gasteiger partial charge in [0.05, 0.1) is 68.7 Å². The normalized spacial score (nSPS) is 16.9. The second-order valence-corrected chi connectivity index (χ2v) is 18.9. The molecular formula is C50H50N10O7S. The number of benzene rings is 2. The Kier molecular flexibility index (Phi) is 11.5. The van der Waals surface area contributed by atoms with Gasteiger partial charge in [0.2, 0.25) is 5.43 Å². The number of pyridine rings is 4. The van der Waals surface area contributed by atoms with Crippen LogP contribution in [0, 0.1) is 6.92 Å². The zero-order valence-electron chi connectivity index (χ0n) is 38.4. The fourth-order valence-electron chi connectivity index (χ4n) is 9.38. The lowest BCUT2D eigenvalue weighted by atomic mass is 9.86. The minimum absolute atomic E-state index is 0.104. The first-order valence-electron chi connectivity index (χ1n) is 22.6. The van der Waals surface area contributed by atoms with Crippen LogP contribution in [0.4, 0.5) is 5.82 Å². The lowest BCUT2D eigenvalue weighted by molar-refractivity contribution is -0.172. The highest BCUT2D eigenvalue weighted by Crippen LogP contribution is 2.40. The standard InChI is InChI=1S/C27H27N7O2S.C23H23N3O5/c1-17-14-29-18(15-28-17)16-30-26(36)23-24(35)19-8-9-22(33-11-5-10-32(2)12-13-33)31-25(19)34-20-6-3-4-7-21(20)37-27(23)34;1-4-23(30)16-8-18-20-12(9-26(18)21(28)15(16)11-31-22(23)29)7-13-14(10-25(2)3)19(27)6-5-17(13)24-20/h3-4,6-9,14-15H,5,10-13,16H2,1-2H3,(H,30,36);5-8,27,30H,4,9-11H2,1-3H3/t;23-/m.0/s1. The molecule has 1 saturated heterocycles. The number of ether oxygens (including phenoxy) is 1. The van der Waals surface area contributed by atoms with Crippen molar-refractivity contribution in [3.63, 3.8) is 0 Å². The molecule has 0 aliphatic carbocycles. The number of rotatable bonds is 7. The number of nitrogens with one attached hydrogen (secondary N) is 1. The molecule has 0 saturated carbocycles. The van der Waals surface area contributed by atoms with Crippen molar-refractivity contribution in [1.29, 1.82) is 0 Å². The summed E-state index contributed by atoms with van der Waals surface area (Å²) in [5.41, 5.74) is 4.76. The molecule has 6 aromatic heterocycles. The van der Waals surface area contributed by atoms with Crippen molar-refractivity contribution in [3.05, 3.63) is 133 Å². The first-order chi connectivity index (χ1) is 32.7. The number of hydrogen-bond acceptors (Lipinski definition) is 15. The maximum absolute atomic E-state index is 13.7. The molecule has 0 radical (unpaired) electrons. The van der Waals surface area contributed by atoms with Crippen LogP contribution in [0.3, 0.4) is 0 Å². The van der Waals surface area contributed by atoms with Crippen LogP contribution in [0.25, 0.3) is 48.4 Å². The van der Waals surface area contributed by atoms with Gasteiger partial charge >= 0.3 is 5.97 Å². The molecule has 1 amide bonds. The van der Waals surface area contributed by atoms with Crippen molar-refractivity contribution in [2.24, 2.45) is 0 Å². The van der Waals surface area contributed by atoms with Crippen LogP contribution in [0.2, 0.25) is 0 Å². The van der Waals surface area contributed by atoms with E-state index in [1.54, 1.807) is 42.1 Å². The van der Waals surface area contributed by atoms with E-state index in [9.17, 15) is 29.4 Å². The van der Waals surface area contributed by atoms with Gasteiger partial charge in [-0.05, 0) is 96.0 Å². The van der Waals surface area contributed by atoms with Crippen LogP contribution in [-0.2, 0) is 41.4 Å². The van der Waals surface area contributed by atoms with Crippen molar-refractivity contribution in [2.45, 2.75) is 58.5 Å². The second-order valence-electron chi connectivity index (χ2n) is 17.9. The minimum Gasteiger partial charge on any atom is -0.508 e. The number of thiazole rings is 1. The lowest BCUT2D eigenvalue weighted by Gasteiger charge is -2.31. The van der Waals surface area contributed by atoms with Crippen LogP contribution in [-0.4, -0.2) is 108 Å². The molecule has 9 heterocycles. The molecule has 11 rings (SSSR count). The molecule has 18 heteroatoms. The van der Waals surface area contributed by atoms with E-state index in [0.29, 0.717) is 62.7 Å². The Morgan fingerprint density at radius 2 is 1.79 bits per heavy atom. The summed E-state index contributed by atoms with van der Waals surface area (Å²) in [7, 11) is 5.99. The van der Waals surface area contributed by atoms with Crippen molar-refractivity contribution >= 4 is 66.0 Å². The van der Waals surface area contributed by atoms with Gasteiger partial charge in [-0.1, -0.05) is 19.1 Å². The number of esters is 1. The number of cyclic esters (lactones) is 1. The number of aromatic nitrogens is 6. The van der Waals surface area contributed by atoms with E-state index in [0.717, 1.165) is 70.8 Å². The van der Waals surface area contributed by atoms with Gasteiger partial charge in [-0.3, -0.25) is 28.8 Å². The smallest absolute Gasteiger partial charge is 0.343 e. The Morgan fingerprint density at radius 1 is 0.971 bits per heavy atom. The van der Waals surface area contributed by atoms with Crippen molar-refractivity contribution in [3.8, 4) is 17.1 Å². The zero-order valence-corrected chi connectivity index (χ0v) is 39.2. The summed E-state index contributed by atoms with van der Waals surface area (Å²) in [5, 5.41) is 25.5. The number of aliphatic hydroxyl groups is 1. The lowest BCUT2D eigenvalue weighted by Crippen LogP contribution is -2.44. The number of fused-ring (bicyclic) bond motifs is 10. The van der Waals surface area contributed by atoms with Gasteiger partial charge in [-0.2, -0.15) is 0 Å². The van der Waals surface area contributed by atoms with E-state index in [-0.39, 0.29) is 41.9 Å². The van der Waals surface area contributed by atoms with Crippen LogP contribution in [0.5, 0.6) is 5.75 Å². The van der Waals surface area contributed by atoms with E-state index in [1.807, 2.05) is 72.8 Å². The molecule has 17 nitrogen and oxygen atoms in total. The summed E-state index contributed by atoms with van der Waals surface area (Å²) < 4.78 is 9.66. The molecule has 8 aromatic rings. The molecule has 3 N–H and O–H groups in total. The average Bonchev–Trinajstić information content (AvgIpc) is 3.81. The number of amides is 1. The number of aryl methyl sites for hydroxylation is 1. The third-order valence-electron chi connectivity index (χ3n) is 13.1. The van der Waals surface area contributed by atoms with Crippen LogP contribution >= 0.6 is 11.3 Å². The number of anilines is 1. The van der Waals surface area contributed by atoms with E-state index in [4.69, 9.17) is 14.7 Å². The highest BCUT2D eigenvalue weighted by Gasteiger charge is 2.45. The summed E-state index contributed by atoms with van der Waals surface area (Å²) in [6, 6.07) is 18.7. The number of aromatic hydroxyl groups is 1. The third-order valence-corrected chi connectivity index (χ3v) is 14.2. The Morgan fingerprint density at radius 3 is 2.57 bits per heavy atom. The van der Waals surface area contributed by atoms with Crippen LogP contribution < -0.4 is 21.2 Å². The average molecular weight is 935 g/mol. The van der Waals surface area contributed by atoms with Crippen molar-refractivity contribution in [2.75, 3.05) is 52.2 Å². The molecule has 0 unspecified atom stereocenters. The molecule has 0 spiro atoms. The van der Waals surface area contributed by atoms with Gasteiger partial charge in [0.15, 0.2) is 11.2 Å². The van der Waals surface area contributed by atoms with Gasteiger partial charge in [0.25, 0.3) is 11.5 Å². The van der Waals surface area contributed by atoms with Gasteiger partial charge in [-0.15, -0.1) is 11.3 Å². The molecular weight excluding hydrogens is 885 g/mol. The molecule has 1 atom stereocenters. The first-order valence-corrected chi connectivity index (χ1v) is 23.4. The number of nitrogens with zero attached hydrogens (tertiary/aromatic N) is 9. The predicted octanol–water partition coefficient (Wildman–Crippen LogP) is 5.08. The fourth-order valence-corrected chi connectivity index (χ4v) is 10.6. The maximum atomic E-state index is 13.7. The molecule has 0 bridgehead atoms. The third kappa shape index (κ3) is 7.72. The fraction of sp³-hybridized carbons (Fsp3) is 0.320. The van der Waals surface area contributed by atoms with Crippen molar-refractivity contribution < 1.29 is 24.5 Å². The molecule has 3 aliphatic rings. The van der Waals surface area contributed by atoms with Gasteiger partial charge in [0, 0.05) is 54.5 Å². The molecule has 1 fully saturated rings. The summed E-state index contributed by atoms with van der Waals surface area (Å²) in [4.78, 5) is 78.2. The van der Waals surface area contributed by atoms with E-state index < -0.39 is 17.5 Å². The molecule has 3 aliphatic heterocycles. The van der Waals surface area contributed by atoms with Crippen LogP contribution in [0.1, 0.15) is 63.8 Å². The summed E-state index contributed by atoms with van der Waals surface area (Å²) in [6.07, 6.45) is 4.44. The maximum Gasteiger partial charge on any atom is 0.343 e. The number of phenolic OH excluding ortho intramolecular Hbond substituents is 1. The highest BCUT2D eigenvalue weighted by atomic mass is 32.1. The van der Waals surface area contributed by atoms with E-state index >= 15 is 0 Å². The monoisotopic (exact) mass is 934 g/mol. The molecule has 68 heavy (non-hydrogen) atoms. The Balaban J connectivity index is 0.000000161. The number of carbonyl (C=O) groups is 2. The predicted molar refractivity (Wildman–Crippen MR) is 260 cm³/mol. The number of carbonyl (C=O) groups excluding carboxylic acids is 2.